The molecule has 0 bridgehead atoms. The van der Waals surface area contributed by atoms with Gasteiger partial charge in [-0.1, -0.05) is 23.5 Å². The van der Waals surface area contributed by atoms with Gasteiger partial charge in [-0.3, -0.25) is 14.9 Å². The van der Waals surface area contributed by atoms with Crippen molar-refractivity contribution in [3.05, 3.63) is 34.6 Å². The first-order valence-electron chi connectivity index (χ1n) is 5.33. The summed E-state index contributed by atoms with van der Waals surface area (Å²) >= 11 is 6.52. The number of aromatic nitrogens is 3. The number of rotatable bonds is 2. The van der Waals surface area contributed by atoms with E-state index in [0.717, 1.165) is 11.3 Å². The zero-order valence-electron chi connectivity index (χ0n) is 9.46. The molecular formula is C11H7ClN4O2S. The fourth-order valence-electron chi connectivity index (χ4n) is 1.66. The van der Waals surface area contributed by atoms with E-state index < -0.39 is 0 Å². The highest BCUT2D eigenvalue weighted by Crippen LogP contribution is 2.18. The predicted molar refractivity (Wildman–Crippen MR) is 74.0 cm³/mol. The normalized spacial score (nSPS) is 11.0. The van der Waals surface area contributed by atoms with Crippen LogP contribution in [0.2, 0.25) is 0 Å². The average molecular weight is 295 g/mol. The van der Waals surface area contributed by atoms with Gasteiger partial charge >= 0.3 is 0 Å². The standard InChI is InChI=1S/C11H7ClN4O2S/c12-5-8(17)14-10-15-16-9(18)6-3-1-2-4-7(6)13-11(16)19-10/h1-4H,5H2,(H,14,15,17). The number of nitrogens with zero attached hydrogens (tertiary/aromatic N) is 3. The Kier molecular flexibility index (Phi) is 2.92. The summed E-state index contributed by atoms with van der Waals surface area (Å²) in [6, 6.07) is 7.02. The van der Waals surface area contributed by atoms with Crippen LogP contribution in [0.15, 0.2) is 29.1 Å². The summed E-state index contributed by atoms with van der Waals surface area (Å²) in [5, 5.41) is 7.30. The van der Waals surface area contributed by atoms with Crippen LogP contribution in [0.5, 0.6) is 0 Å². The number of para-hydroxylation sites is 1. The molecule has 8 heteroatoms. The van der Waals surface area contributed by atoms with Crippen molar-refractivity contribution < 1.29 is 4.79 Å². The number of alkyl halides is 1. The van der Waals surface area contributed by atoms with Gasteiger partial charge in [-0.15, -0.1) is 16.7 Å². The monoisotopic (exact) mass is 294 g/mol. The fourth-order valence-corrected chi connectivity index (χ4v) is 2.54. The van der Waals surface area contributed by atoms with Crippen LogP contribution in [-0.2, 0) is 4.79 Å². The van der Waals surface area contributed by atoms with Crippen LogP contribution in [0.1, 0.15) is 0 Å². The molecule has 0 fully saturated rings. The molecule has 0 spiro atoms. The number of fused-ring (bicyclic) bond motifs is 2. The van der Waals surface area contributed by atoms with Crippen molar-refractivity contribution in [3.63, 3.8) is 0 Å². The molecule has 0 aliphatic heterocycles. The highest BCUT2D eigenvalue weighted by atomic mass is 35.5. The Bertz CT molecular complexity index is 841. The predicted octanol–water partition coefficient (Wildman–Crippen LogP) is 1.48. The first-order valence-corrected chi connectivity index (χ1v) is 6.68. The van der Waals surface area contributed by atoms with Crippen LogP contribution in [0.4, 0.5) is 5.13 Å². The van der Waals surface area contributed by atoms with Gasteiger partial charge < -0.3 is 0 Å². The highest BCUT2D eigenvalue weighted by molar-refractivity contribution is 7.20. The van der Waals surface area contributed by atoms with E-state index in [1.165, 1.54) is 4.52 Å². The van der Waals surface area contributed by atoms with E-state index in [2.05, 4.69) is 15.4 Å². The molecule has 1 amide bonds. The van der Waals surface area contributed by atoms with Crippen LogP contribution < -0.4 is 10.9 Å². The van der Waals surface area contributed by atoms with Crippen LogP contribution in [-0.4, -0.2) is 26.4 Å². The second-order valence-electron chi connectivity index (χ2n) is 3.72. The molecule has 0 radical (unpaired) electrons. The van der Waals surface area contributed by atoms with Crippen LogP contribution in [0, 0.1) is 0 Å². The topological polar surface area (TPSA) is 76.4 Å². The molecule has 2 aromatic heterocycles. The van der Waals surface area contributed by atoms with Crippen molar-refractivity contribution in [2.75, 3.05) is 11.2 Å². The minimum atomic E-state index is -0.377. The minimum Gasteiger partial charge on any atom is -0.299 e. The van der Waals surface area contributed by atoms with Crippen molar-refractivity contribution >= 4 is 49.8 Å². The Morgan fingerprint density at radius 2 is 2.21 bits per heavy atom. The lowest BCUT2D eigenvalue weighted by Crippen LogP contribution is -2.16. The molecule has 3 rings (SSSR count). The Morgan fingerprint density at radius 3 is 3.00 bits per heavy atom. The molecule has 3 aromatic rings. The number of carbonyl (C=O) groups excluding carboxylic acids is 1. The number of benzene rings is 1. The third-order valence-electron chi connectivity index (χ3n) is 2.47. The van der Waals surface area contributed by atoms with Gasteiger partial charge in [0.1, 0.15) is 5.88 Å². The average Bonchev–Trinajstić information content (AvgIpc) is 2.81. The van der Waals surface area contributed by atoms with Gasteiger partial charge in [0.25, 0.3) is 5.56 Å². The van der Waals surface area contributed by atoms with Crippen LogP contribution in [0.25, 0.3) is 15.9 Å². The highest BCUT2D eigenvalue weighted by Gasteiger charge is 2.11. The molecule has 2 heterocycles. The first kappa shape index (κ1) is 12.1. The molecule has 0 atom stereocenters. The van der Waals surface area contributed by atoms with Crippen molar-refractivity contribution in [2.24, 2.45) is 0 Å². The number of anilines is 1. The van der Waals surface area contributed by atoms with Crippen LogP contribution >= 0.6 is 22.9 Å². The Hall–Kier alpha value is -1.99. The Labute approximate surface area is 115 Å². The molecule has 19 heavy (non-hydrogen) atoms. The largest absolute Gasteiger partial charge is 0.299 e. The van der Waals surface area contributed by atoms with Gasteiger partial charge in [0, 0.05) is 0 Å². The molecule has 0 aliphatic carbocycles. The van der Waals surface area contributed by atoms with Crippen molar-refractivity contribution in [3.8, 4) is 0 Å². The van der Waals surface area contributed by atoms with Gasteiger partial charge in [0.2, 0.25) is 16.0 Å². The second kappa shape index (κ2) is 4.60. The zero-order valence-corrected chi connectivity index (χ0v) is 11.0. The van der Waals surface area contributed by atoms with Crippen molar-refractivity contribution in [1.82, 2.24) is 14.6 Å². The van der Waals surface area contributed by atoms with E-state index in [4.69, 9.17) is 11.6 Å². The number of amides is 1. The molecule has 0 saturated heterocycles. The maximum atomic E-state index is 12.2. The third-order valence-corrected chi connectivity index (χ3v) is 3.54. The first-order chi connectivity index (χ1) is 9.19. The SMILES string of the molecule is O=C(CCl)Nc1nn2c(=O)c3ccccc3nc2s1. The van der Waals surface area contributed by atoms with E-state index in [0.29, 0.717) is 21.0 Å². The molecular weight excluding hydrogens is 288 g/mol. The summed E-state index contributed by atoms with van der Waals surface area (Å²) in [7, 11) is 0. The quantitative estimate of drug-likeness (QED) is 0.726. The number of halogens is 1. The van der Waals surface area contributed by atoms with E-state index in [1.807, 2.05) is 6.07 Å². The summed E-state index contributed by atoms with van der Waals surface area (Å²) in [5.74, 6) is -0.543. The van der Waals surface area contributed by atoms with Crippen molar-refractivity contribution in [2.45, 2.75) is 0 Å². The molecule has 1 aromatic carbocycles. The van der Waals surface area contributed by atoms with E-state index in [1.54, 1.807) is 18.2 Å². The summed E-state index contributed by atoms with van der Waals surface area (Å²) < 4.78 is 1.18. The zero-order chi connectivity index (χ0) is 13.4. The summed E-state index contributed by atoms with van der Waals surface area (Å²) in [6.45, 7) is 0. The summed E-state index contributed by atoms with van der Waals surface area (Å²) in [4.78, 5) is 28.1. The summed E-state index contributed by atoms with van der Waals surface area (Å²) in [6.07, 6.45) is 0. The Balaban J connectivity index is 2.22. The number of hydrogen-bond donors (Lipinski definition) is 1. The lowest BCUT2D eigenvalue weighted by Gasteiger charge is -1.95. The third kappa shape index (κ3) is 2.06. The van der Waals surface area contributed by atoms with Gasteiger partial charge in [0.05, 0.1) is 10.9 Å². The van der Waals surface area contributed by atoms with Crippen molar-refractivity contribution in [1.29, 1.82) is 0 Å². The fraction of sp³-hybridized carbons (Fsp3) is 0.0909. The number of nitrogens with one attached hydrogen (secondary N) is 1. The molecule has 96 valence electrons. The lowest BCUT2D eigenvalue weighted by molar-refractivity contribution is -0.113. The van der Waals surface area contributed by atoms with Gasteiger partial charge in [-0.2, -0.15) is 4.52 Å². The minimum absolute atomic E-state index is 0.166. The molecule has 1 N–H and O–H groups in total. The molecule has 0 unspecified atom stereocenters. The maximum Gasteiger partial charge on any atom is 0.283 e. The maximum absolute atomic E-state index is 12.2. The number of carbonyl (C=O) groups is 1. The molecule has 6 nitrogen and oxygen atoms in total. The Morgan fingerprint density at radius 1 is 1.42 bits per heavy atom. The van der Waals surface area contributed by atoms with E-state index >= 15 is 0 Å². The van der Waals surface area contributed by atoms with Gasteiger partial charge in [-0.05, 0) is 12.1 Å². The smallest absolute Gasteiger partial charge is 0.283 e. The van der Waals surface area contributed by atoms with E-state index in [9.17, 15) is 9.59 Å². The molecule has 0 aliphatic rings. The number of hydrogen-bond acceptors (Lipinski definition) is 5. The van der Waals surface area contributed by atoms with Gasteiger partial charge in [0.15, 0.2) is 0 Å². The second-order valence-corrected chi connectivity index (χ2v) is 4.94. The lowest BCUT2D eigenvalue weighted by atomic mass is 10.2. The van der Waals surface area contributed by atoms with E-state index in [-0.39, 0.29) is 17.3 Å². The van der Waals surface area contributed by atoms with Crippen LogP contribution in [0.3, 0.4) is 0 Å². The summed E-state index contributed by atoms with van der Waals surface area (Å²) in [5.41, 5.74) is 0.342. The molecule has 0 saturated carbocycles. The van der Waals surface area contributed by atoms with Gasteiger partial charge in [-0.25, -0.2) is 4.98 Å².